The standard InChI is InChI=1S/C17H12F5NO3/c1-7-4-3-5-9(8(7)2)17(25)26-6-10(24)23-16-14(21)12(19)11(18)13(20)15(16)22/h3-5H,6H2,1-2H3,(H,23,24). The van der Waals surface area contributed by atoms with Crippen LogP contribution in [0.5, 0.6) is 0 Å². The zero-order chi connectivity index (χ0) is 19.6. The lowest BCUT2D eigenvalue weighted by Crippen LogP contribution is -2.23. The van der Waals surface area contributed by atoms with Crippen LogP contribution in [0, 0.1) is 42.9 Å². The van der Waals surface area contributed by atoms with Crippen LogP contribution in [0.4, 0.5) is 27.6 Å². The van der Waals surface area contributed by atoms with Crippen molar-refractivity contribution < 1.29 is 36.3 Å². The fourth-order valence-electron chi connectivity index (χ4n) is 2.07. The second-order valence-corrected chi connectivity index (χ2v) is 5.32. The van der Waals surface area contributed by atoms with Gasteiger partial charge < -0.3 is 10.1 Å². The highest BCUT2D eigenvalue weighted by atomic mass is 19.2. The summed E-state index contributed by atoms with van der Waals surface area (Å²) in [6.07, 6.45) is 0. The molecule has 0 bridgehead atoms. The van der Waals surface area contributed by atoms with Gasteiger partial charge in [0.25, 0.3) is 5.91 Å². The number of aryl methyl sites for hydroxylation is 1. The van der Waals surface area contributed by atoms with Crippen LogP contribution in [0.1, 0.15) is 21.5 Å². The summed E-state index contributed by atoms with van der Waals surface area (Å²) in [5.74, 6) is -13.3. The molecule has 138 valence electrons. The van der Waals surface area contributed by atoms with Crippen LogP contribution in [0.25, 0.3) is 0 Å². The summed E-state index contributed by atoms with van der Waals surface area (Å²) in [5.41, 5.74) is 0.0613. The lowest BCUT2D eigenvalue weighted by atomic mass is 10.0. The summed E-state index contributed by atoms with van der Waals surface area (Å²) in [6, 6.07) is 4.79. The maximum atomic E-state index is 13.5. The third-order valence-corrected chi connectivity index (χ3v) is 3.63. The molecule has 0 aliphatic heterocycles. The molecule has 0 saturated carbocycles. The number of amides is 1. The van der Waals surface area contributed by atoms with E-state index in [4.69, 9.17) is 4.74 Å². The number of carbonyl (C=O) groups excluding carboxylic acids is 2. The van der Waals surface area contributed by atoms with E-state index in [9.17, 15) is 31.5 Å². The average molecular weight is 373 g/mol. The van der Waals surface area contributed by atoms with Crippen LogP contribution >= 0.6 is 0 Å². The molecule has 4 nitrogen and oxygen atoms in total. The number of benzene rings is 2. The number of carbonyl (C=O) groups is 2. The van der Waals surface area contributed by atoms with Crippen LogP contribution in [-0.2, 0) is 9.53 Å². The van der Waals surface area contributed by atoms with E-state index < -0.39 is 53.3 Å². The monoisotopic (exact) mass is 373 g/mol. The van der Waals surface area contributed by atoms with E-state index in [0.717, 1.165) is 5.56 Å². The van der Waals surface area contributed by atoms with E-state index in [1.165, 1.54) is 11.4 Å². The second kappa shape index (κ2) is 7.51. The van der Waals surface area contributed by atoms with Crippen molar-refractivity contribution in [3.05, 3.63) is 64.0 Å². The van der Waals surface area contributed by atoms with Crippen molar-refractivity contribution in [3.63, 3.8) is 0 Å². The molecule has 9 heteroatoms. The lowest BCUT2D eigenvalue weighted by Gasteiger charge is -2.11. The normalized spacial score (nSPS) is 10.6. The minimum Gasteiger partial charge on any atom is -0.452 e. The van der Waals surface area contributed by atoms with Crippen molar-refractivity contribution in [3.8, 4) is 0 Å². The van der Waals surface area contributed by atoms with Crippen LogP contribution in [-0.4, -0.2) is 18.5 Å². The summed E-state index contributed by atoms with van der Waals surface area (Å²) in [6.45, 7) is 2.43. The minimum atomic E-state index is -2.35. The first-order valence-electron chi connectivity index (χ1n) is 7.19. The van der Waals surface area contributed by atoms with Crippen LogP contribution in [0.15, 0.2) is 18.2 Å². The number of anilines is 1. The first kappa shape index (κ1) is 19.4. The van der Waals surface area contributed by atoms with Gasteiger partial charge in [-0.25, -0.2) is 26.7 Å². The Bertz CT molecular complexity index is 869. The molecule has 0 radical (unpaired) electrons. The van der Waals surface area contributed by atoms with Gasteiger partial charge in [-0.05, 0) is 31.0 Å². The van der Waals surface area contributed by atoms with Gasteiger partial charge in [0.1, 0.15) is 5.69 Å². The Hall–Kier alpha value is -2.97. The number of hydrogen-bond acceptors (Lipinski definition) is 3. The summed E-state index contributed by atoms with van der Waals surface area (Å²) in [7, 11) is 0. The first-order valence-corrected chi connectivity index (χ1v) is 7.19. The van der Waals surface area contributed by atoms with Gasteiger partial charge in [-0.3, -0.25) is 4.79 Å². The van der Waals surface area contributed by atoms with Gasteiger partial charge in [0.05, 0.1) is 5.56 Å². The summed E-state index contributed by atoms with van der Waals surface area (Å²) < 4.78 is 70.7. The van der Waals surface area contributed by atoms with Crippen molar-refractivity contribution in [2.45, 2.75) is 13.8 Å². The van der Waals surface area contributed by atoms with Gasteiger partial charge in [-0.15, -0.1) is 0 Å². The fraction of sp³-hybridized carbons (Fsp3) is 0.176. The molecule has 0 unspecified atom stereocenters. The van der Waals surface area contributed by atoms with E-state index in [2.05, 4.69) is 0 Å². The molecule has 0 heterocycles. The molecule has 0 aliphatic carbocycles. The molecule has 0 aromatic heterocycles. The maximum Gasteiger partial charge on any atom is 0.338 e. The summed E-state index contributed by atoms with van der Waals surface area (Å²) in [4.78, 5) is 23.6. The van der Waals surface area contributed by atoms with E-state index in [1.807, 2.05) is 0 Å². The number of nitrogens with one attached hydrogen (secondary N) is 1. The van der Waals surface area contributed by atoms with Crippen molar-refractivity contribution >= 4 is 17.6 Å². The fourth-order valence-corrected chi connectivity index (χ4v) is 2.07. The van der Waals surface area contributed by atoms with Gasteiger partial charge in [0, 0.05) is 0 Å². The smallest absolute Gasteiger partial charge is 0.338 e. The van der Waals surface area contributed by atoms with E-state index in [1.54, 1.807) is 26.0 Å². The van der Waals surface area contributed by atoms with Crippen LogP contribution < -0.4 is 5.32 Å². The Morgan fingerprint density at radius 1 is 0.923 bits per heavy atom. The minimum absolute atomic E-state index is 0.175. The third kappa shape index (κ3) is 3.66. The zero-order valence-electron chi connectivity index (χ0n) is 13.6. The summed E-state index contributed by atoms with van der Waals surface area (Å²) >= 11 is 0. The zero-order valence-corrected chi connectivity index (χ0v) is 13.6. The Balaban J connectivity index is 2.11. The molecule has 2 rings (SSSR count). The number of esters is 1. The van der Waals surface area contributed by atoms with Gasteiger partial charge in [0.2, 0.25) is 5.82 Å². The maximum absolute atomic E-state index is 13.5. The molecule has 0 aliphatic rings. The summed E-state index contributed by atoms with van der Waals surface area (Å²) in [5, 5.41) is 1.51. The molecule has 26 heavy (non-hydrogen) atoms. The van der Waals surface area contributed by atoms with Gasteiger partial charge in [-0.1, -0.05) is 12.1 Å². The largest absolute Gasteiger partial charge is 0.452 e. The molecule has 0 fully saturated rings. The average Bonchev–Trinajstić information content (AvgIpc) is 2.62. The Labute approximate surface area is 144 Å². The molecule has 1 N–H and O–H groups in total. The lowest BCUT2D eigenvalue weighted by molar-refractivity contribution is -0.119. The molecule has 0 saturated heterocycles. The van der Waals surface area contributed by atoms with E-state index in [0.29, 0.717) is 5.56 Å². The van der Waals surface area contributed by atoms with Gasteiger partial charge in [-0.2, -0.15) is 0 Å². The van der Waals surface area contributed by atoms with Crippen molar-refractivity contribution in [1.29, 1.82) is 0 Å². The van der Waals surface area contributed by atoms with Crippen molar-refractivity contribution in [2.75, 3.05) is 11.9 Å². The van der Waals surface area contributed by atoms with Crippen molar-refractivity contribution in [1.82, 2.24) is 0 Å². The number of halogens is 5. The highest BCUT2D eigenvalue weighted by molar-refractivity contribution is 5.96. The SMILES string of the molecule is Cc1cccc(C(=O)OCC(=O)Nc2c(F)c(F)c(F)c(F)c2F)c1C. The quantitative estimate of drug-likeness (QED) is 0.384. The predicted octanol–water partition coefficient (Wildman–Crippen LogP) is 3.79. The molecule has 0 atom stereocenters. The molecular weight excluding hydrogens is 361 g/mol. The topological polar surface area (TPSA) is 55.4 Å². The molecule has 1 amide bonds. The van der Waals surface area contributed by atoms with Crippen LogP contribution in [0.3, 0.4) is 0 Å². The number of ether oxygens (including phenoxy) is 1. The third-order valence-electron chi connectivity index (χ3n) is 3.63. The number of hydrogen-bond donors (Lipinski definition) is 1. The Morgan fingerprint density at radius 2 is 1.46 bits per heavy atom. The van der Waals surface area contributed by atoms with Crippen molar-refractivity contribution in [2.24, 2.45) is 0 Å². The molecule has 2 aromatic rings. The van der Waals surface area contributed by atoms with E-state index >= 15 is 0 Å². The molecular formula is C17H12F5NO3. The van der Waals surface area contributed by atoms with Gasteiger partial charge >= 0.3 is 5.97 Å². The first-order chi connectivity index (χ1) is 12.1. The van der Waals surface area contributed by atoms with Gasteiger partial charge in [0.15, 0.2) is 29.9 Å². The highest BCUT2D eigenvalue weighted by Gasteiger charge is 2.27. The second-order valence-electron chi connectivity index (χ2n) is 5.32. The molecule has 2 aromatic carbocycles. The Kier molecular flexibility index (Phi) is 5.59. The predicted molar refractivity (Wildman–Crippen MR) is 81.1 cm³/mol. The van der Waals surface area contributed by atoms with Crippen LogP contribution in [0.2, 0.25) is 0 Å². The van der Waals surface area contributed by atoms with E-state index in [-0.39, 0.29) is 5.56 Å². The number of rotatable bonds is 4. The molecule has 0 spiro atoms. The Morgan fingerprint density at radius 3 is 2.04 bits per heavy atom. The highest BCUT2D eigenvalue weighted by Crippen LogP contribution is 2.27.